The van der Waals surface area contributed by atoms with E-state index in [1.807, 2.05) is 24.5 Å². The van der Waals surface area contributed by atoms with Gasteiger partial charge in [0.05, 0.1) is 18.9 Å². The van der Waals surface area contributed by atoms with Crippen molar-refractivity contribution < 1.29 is 15.0 Å². The second-order valence-electron chi connectivity index (χ2n) is 4.14. The summed E-state index contributed by atoms with van der Waals surface area (Å²) in [5, 5.41) is 24.5. The van der Waals surface area contributed by atoms with Crippen LogP contribution in [-0.4, -0.2) is 49.7 Å². The summed E-state index contributed by atoms with van der Waals surface area (Å²) in [6.45, 7) is -0.396. The van der Waals surface area contributed by atoms with Crippen molar-refractivity contribution in [2.75, 3.05) is 13.2 Å². The first kappa shape index (κ1) is 13.3. The highest BCUT2D eigenvalue weighted by Gasteiger charge is 2.17. The molecule has 102 valence electrons. The van der Waals surface area contributed by atoms with Gasteiger partial charge in [-0.3, -0.25) is 9.48 Å². The average molecular weight is 264 g/mol. The van der Waals surface area contributed by atoms with Gasteiger partial charge in [0.15, 0.2) is 0 Å². The first-order valence-corrected chi connectivity index (χ1v) is 5.86. The molecule has 2 heterocycles. The smallest absolute Gasteiger partial charge is 0.256 e. The lowest BCUT2D eigenvalue weighted by Crippen LogP contribution is -2.34. The second kappa shape index (κ2) is 5.68. The molecule has 0 saturated carbocycles. The van der Waals surface area contributed by atoms with Crippen molar-refractivity contribution in [3.05, 3.63) is 36.3 Å². The fourth-order valence-electron chi connectivity index (χ4n) is 1.74. The number of rotatable bonds is 5. The maximum atomic E-state index is 12.0. The van der Waals surface area contributed by atoms with Crippen molar-refractivity contribution in [1.82, 2.24) is 19.7 Å². The predicted molar refractivity (Wildman–Crippen MR) is 68.0 cm³/mol. The number of aromatic nitrogens is 3. The summed E-state index contributed by atoms with van der Waals surface area (Å²) >= 11 is 0. The van der Waals surface area contributed by atoms with Gasteiger partial charge >= 0.3 is 0 Å². The summed E-state index contributed by atoms with van der Waals surface area (Å²) in [5.74, 6) is 0.297. The number of amides is 1. The SMILES string of the molecule is Cn1ncc(C(=O)NCC(O)CO)c1-n1cccc1. The largest absolute Gasteiger partial charge is 0.394 e. The summed E-state index contributed by atoms with van der Waals surface area (Å²) < 4.78 is 3.38. The van der Waals surface area contributed by atoms with Gasteiger partial charge in [-0.2, -0.15) is 5.10 Å². The van der Waals surface area contributed by atoms with E-state index >= 15 is 0 Å². The topological polar surface area (TPSA) is 92.3 Å². The van der Waals surface area contributed by atoms with Crippen LogP contribution in [0.4, 0.5) is 0 Å². The number of aryl methyl sites for hydroxylation is 1. The predicted octanol–water partition coefficient (Wildman–Crippen LogP) is -0.706. The van der Waals surface area contributed by atoms with Gasteiger partial charge in [0.1, 0.15) is 11.4 Å². The van der Waals surface area contributed by atoms with E-state index in [1.165, 1.54) is 6.20 Å². The van der Waals surface area contributed by atoms with Crippen LogP contribution in [0.25, 0.3) is 5.82 Å². The molecule has 0 radical (unpaired) electrons. The highest BCUT2D eigenvalue weighted by Crippen LogP contribution is 2.13. The summed E-state index contributed by atoms with van der Waals surface area (Å²) in [4.78, 5) is 12.0. The van der Waals surface area contributed by atoms with Crippen molar-refractivity contribution in [2.24, 2.45) is 7.05 Å². The number of carbonyl (C=O) groups excluding carboxylic acids is 1. The van der Waals surface area contributed by atoms with E-state index in [0.29, 0.717) is 11.4 Å². The van der Waals surface area contributed by atoms with E-state index < -0.39 is 12.7 Å². The molecule has 3 N–H and O–H groups in total. The van der Waals surface area contributed by atoms with Crippen molar-refractivity contribution in [1.29, 1.82) is 0 Å². The highest BCUT2D eigenvalue weighted by atomic mass is 16.3. The van der Waals surface area contributed by atoms with Crippen LogP contribution in [0.3, 0.4) is 0 Å². The Morgan fingerprint density at radius 2 is 2.16 bits per heavy atom. The molecule has 0 aliphatic rings. The molecule has 0 fully saturated rings. The van der Waals surface area contributed by atoms with Crippen LogP contribution < -0.4 is 5.32 Å². The van der Waals surface area contributed by atoms with Crippen LogP contribution in [0.15, 0.2) is 30.7 Å². The van der Waals surface area contributed by atoms with Crippen LogP contribution in [0.2, 0.25) is 0 Å². The number of hydrogen-bond donors (Lipinski definition) is 3. The molecule has 0 bridgehead atoms. The Morgan fingerprint density at radius 1 is 1.47 bits per heavy atom. The lowest BCUT2D eigenvalue weighted by atomic mass is 10.3. The van der Waals surface area contributed by atoms with Gasteiger partial charge in [0, 0.05) is 26.0 Å². The molecule has 7 nitrogen and oxygen atoms in total. The Balaban J connectivity index is 2.19. The Labute approximate surface area is 110 Å². The van der Waals surface area contributed by atoms with Crippen molar-refractivity contribution >= 4 is 5.91 Å². The maximum Gasteiger partial charge on any atom is 0.256 e. The molecule has 19 heavy (non-hydrogen) atoms. The Bertz CT molecular complexity index is 547. The van der Waals surface area contributed by atoms with Gasteiger partial charge < -0.3 is 20.1 Å². The van der Waals surface area contributed by atoms with E-state index in [4.69, 9.17) is 5.11 Å². The van der Waals surface area contributed by atoms with Crippen molar-refractivity contribution in [3.63, 3.8) is 0 Å². The first-order chi connectivity index (χ1) is 9.13. The molecule has 2 aromatic rings. The molecule has 2 aromatic heterocycles. The molecule has 1 amide bonds. The summed E-state index contributed by atoms with van der Waals surface area (Å²) in [6.07, 6.45) is 4.14. The zero-order valence-electron chi connectivity index (χ0n) is 10.5. The minimum Gasteiger partial charge on any atom is -0.394 e. The summed E-state index contributed by atoms with van der Waals surface area (Å²) in [5.41, 5.74) is 0.406. The first-order valence-electron chi connectivity index (χ1n) is 5.86. The lowest BCUT2D eigenvalue weighted by Gasteiger charge is -2.10. The van der Waals surface area contributed by atoms with Crippen LogP contribution in [-0.2, 0) is 7.05 Å². The minimum atomic E-state index is -0.962. The monoisotopic (exact) mass is 264 g/mol. The number of aliphatic hydroxyl groups is 2. The van der Waals surface area contributed by atoms with E-state index in [1.54, 1.807) is 16.3 Å². The number of aliphatic hydroxyl groups excluding tert-OH is 2. The lowest BCUT2D eigenvalue weighted by molar-refractivity contribution is 0.0802. The molecule has 0 aromatic carbocycles. The van der Waals surface area contributed by atoms with Gasteiger partial charge in [-0.1, -0.05) is 0 Å². The summed E-state index contributed by atoms with van der Waals surface area (Å²) in [6, 6.07) is 3.70. The van der Waals surface area contributed by atoms with Crippen LogP contribution in [0.1, 0.15) is 10.4 Å². The fourth-order valence-corrected chi connectivity index (χ4v) is 1.74. The standard InChI is InChI=1S/C12H16N4O3/c1-15-12(16-4-2-3-5-16)10(7-14-15)11(19)13-6-9(18)8-17/h2-5,7,9,17-18H,6,8H2,1H3,(H,13,19). The zero-order chi connectivity index (χ0) is 13.8. The molecule has 2 rings (SSSR count). The Hall–Kier alpha value is -2.12. The average Bonchev–Trinajstić information content (AvgIpc) is 3.04. The van der Waals surface area contributed by atoms with Crippen molar-refractivity contribution in [2.45, 2.75) is 6.10 Å². The third kappa shape index (κ3) is 2.83. The molecule has 1 atom stereocenters. The van der Waals surface area contributed by atoms with Crippen molar-refractivity contribution in [3.8, 4) is 5.82 Å². The Kier molecular flexibility index (Phi) is 3.98. The minimum absolute atomic E-state index is 0.00462. The molecule has 7 heteroatoms. The van der Waals surface area contributed by atoms with Crippen LogP contribution in [0, 0.1) is 0 Å². The zero-order valence-corrected chi connectivity index (χ0v) is 10.5. The molecule has 0 saturated heterocycles. The number of hydrogen-bond acceptors (Lipinski definition) is 4. The van der Waals surface area contributed by atoms with Gasteiger partial charge in [-0.15, -0.1) is 0 Å². The van der Waals surface area contributed by atoms with E-state index in [2.05, 4.69) is 10.4 Å². The third-order valence-corrected chi connectivity index (χ3v) is 2.71. The molecule has 0 spiro atoms. The Morgan fingerprint density at radius 3 is 2.79 bits per heavy atom. The normalized spacial score (nSPS) is 12.4. The molecule has 0 aliphatic carbocycles. The molecular formula is C12H16N4O3. The number of nitrogens with one attached hydrogen (secondary N) is 1. The second-order valence-corrected chi connectivity index (χ2v) is 4.14. The molecule has 0 aliphatic heterocycles. The quantitative estimate of drug-likeness (QED) is 0.665. The highest BCUT2D eigenvalue weighted by molar-refractivity contribution is 5.97. The molecule has 1 unspecified atom stereocenters. The van der Waals surface area contributed by atoms with E-state index in [-0.39, 0.29) is 12.5 Å². The number of carbonyl (C=O) groups is 1. The van der Waals surface area contributed by atoms with Gasteiger partial charge in [-0.05, 0) is 12.1 Å². The fraction of sp³-hybridized carbons (Fsp3) is 0.333. The third-order valence-electron chi connectivity index (χ3n) is 2.71. The molecular weight excluding hydrogens is 248 g/mol. The van der Waals surface area contributed by atoms with Gasteiger partial charge in [0.25, 0.3) is 5.91 Å². The summed E-state index contributed by atoms with van der Waals surface area (Å²) in [7, 11) is 1.74. The van der Waals surface area contributed by atoms with Gasteiger partial charge in [-0.25, -0.2) is 0 Å². The maximum absolute atomic E-state index is 12.0. The van der Waals surface area contributed by atoms with Crippen LogP contribution >= 0.6 is 0 Å². The van der Waals surface area contributed by atoms with Crippen LogP contribution in [0.5, 0.6) is 0 Å². The van der Waals surface area contributed by atoms with E-state index in [9.17, 15) is 9.90 Å². The number of nitrogens with zero attached hydrogens (tertiary/aromatic N) is 3. The van der Waals surface area contributed by atoms with Gasteiger partial charge in [0.2, 0.25) is 0 Å². The van der Waals surface area contributed by atoms with E-state index in [0.717, 1.165) is 0 Å².